The summed E-state index contributed by atoms with van der Waals surface area (Å²) in [6.45, 7) is 1.07. The molecule has 0 spiro atoms. The third kappa shape index (κ3) is 3.60. The molecule has 0 aliphatic heterocycles. The Bertz CT molecular complexity index is 1100. The summed E-state index contributed by atoms with van der Waals surface area (Å²) in [4.78, 5) is 12.4. The van der Waals surface area contributed by atoms with Crippen LogP contribution in [0, 0.1) is 47.6 Å². The van der Waals surface area contributed by atoms with E-state index >= 15 is 0 Å². The van der Waals surface area contributed by atoms with Gasteiger partial charge in [-0.3, -0.25) is 4.79 Å². The Balaban J connectivity index is 0.00000300. The smallest absolute Gasteiger partial charge is 0.226 e. The minimum absolute atomic E-state index is 0. The molecule has 1 N–H and O–H groups in total. The van der Waals surface area contributed by atoms with E-state index < -0.39 is 74.9 Å². The predicted molar refractivity (Wildman–Crippen MR) is 79.5 cm³/mol. The van der Waals surface area contributed by atoms with Gasteiger partial charge in [0.25, 0.3) is 0 Å². The van der Waals surface area contributed by atoms with Gasteiger partial charge in [-0.05, 0) is 19.1 Å². The number of halogens is 7. The normalized spacial score (nSPS) is 10.8. The van der Waals surface area contributed by atoms with E-state index in [-0.39, 0.29) is 27.8 Å². The number of hydrogen-bond acceptors (Lipinski definition) is 3. The fourth-order valence-electron chi connectivity index (χ4n) is 2.51. The maximum absolute atomic E-state index is 13.9. The van der Waals surface area contributed by atoms with E-state index in [4.69, 9.17) is 0 Å². The summed E-state index contributed by atoms with van der Waals surface area (Å²) in [7, 11) is 0. The Morgan fingerprint density at radius 1 is 0.862 bits per heavy atom. The summed E-state index contributed by atoms with van der Waals surface area (Å²) >= 11 is 0. The van der Waals surface area contributed by atoms with Crippen LogP contribution in [0.25, 0.3) is 5.69 Å². The van der Waals surface area contributed by atoms with Crippen molar-refractivity contribution in [3.8, 4) is 11.6 Å². The second-order valence-corrected chi connectivity index (χ2v) is 5.60. The number of nitrogens with zero attached hydrogens (tertiary/aromatic N) is 2. The fourth-order valence-corrected chi connectivity index (χ4v) is 2.51. The van der Waals surface area contributed by atoms with E-state index in [9.17, 15) is 40.6 Å². The van der Waals surface area contributed by atoms with Gasteiger partial charge in [0.2, 0.25) is 11.7 Å². The van der Waals surface area contributed by atoms with Gasteiger partial charge in [0.15, 0.2) is 40.7 Å². The molecule has 0 saturated heterocycles. The van der Waals surface area contributed by atoms with Crippen molar-refractivity contribution in [1.29, 1.82) is 0 Å². The molecule has 0 amide bonds. The average molecular weight is 459 g/mol. The van der Waals surface area contributed by atoms with E-state index in [0.29, 0.717) is 12.1 Å². The van der Waals surface area contributed by atoms with Crippen LogP contribution in [0.15, 0.2) is 18.2 Å². The number of ketones is 1. The van der Waals surface area contributed by atoms with Crippen LogP contribution in [0.2, 0.25) is 0 Å². The molecule has 0 bridgehead atoms. The molecular formula is C17H7F7MnN2O2. The molecule has 29 heavy (non-hydrogen) atoms. The molecule has 0 saturated carbocycles. The molecule has 1 heterocycles. The number of aryl methyl sites for hydroxylation is 1. The average Bonchev–Trinajstić information content (AvgIpc) is 2.91. The Morgan fingerprint density at radius 2 is 1.31 bits per heavy atom. The largest absolute Gasteiger partial charge is 0.493 e. The monoisotopic (exact) mass is 459 g/mol. The van der Waals surface area contributed by atoms with Gasteiger partial charge < -0.3 is 5.11 Å². The SMILES string of the molecule is Cc1nn(-c2c(F)c(F)cc(F)c2F)c(O)c1C(=O)c1cc(F)c(F)c(F)c1.[Mn]. The van der Waals surface area contributed by atoms with Gasteiger partial charge in [0.1, 0.15) is 11.3 Å². The van der Waals surface area contributed by atoms with Crippen LogP contribution in [0.4, 0.5) is 30.7 Å². The van der Waals surface area contributed by atoms with Crippen molar-refractivity contribution >= 4 is 5.78 Å². The number of benzene rings is 2. The van der Waals surface area contributed by atoms with E-state index in [2.05, 4.69) is 5.10 Å². The number of aromatic nitrogens is 2. The van der Waals surface area contributed by atoms with Crippen LogP contribution in [0.1, 0.15) is 21.6 Å². The number of carbonyl (C=O) groups is 1. The van der Waals surface area contributed by atoms with Crippen molar-refractivity contribution in [3.63, 3.8) is 0 Å². The van der Waals surface area contributed by atoms with E-state index in [0.717, 1.165) is 6.92 Å². The molecule has 0 aliphatic rings. The Hall–Kier alpha value is -2.85. The Morgan fingerprint density at radius 3 is 1.79 bits per heavy atom. The Kier molecular flexibility index (Phi) is 6.10. The zero-order valence-corrected chi connectivity index (χ0v) is 15.2. The molecule has 3 rings (SSSR count). The van der Waals surface area contributed by atoms with Crippen molar-refractivity contribution in [3.05, 3.63) is 75.7 Å². The topological polar surface area (TPSA) is 55.1 Å². The molecule has 12 heteroatoms. The summed E-state index contributed by atoms with van der Waals surface area (Å²) < 4.78 is 94.5. The maximum atomic E-state index is 13.9. The summed E-state index contributed by atoms with van der Waals surface area (Å²) in [5.41, 5.74) is -3.36. The number of hydrogen-bond donors (Lipinski definition) is 1. The third-order valence-electron chi connectivity index (χ3n) is 3.81. The van der Waals surface area contributed by atoms with E-state index in [1.54, 1.807) is 0 Å². The second kappa shape index (κ2) is 7.88. The zero-order chi connectivity index (χ0) is 20.9. The quantitative estimate of drug-likeness (QED) is 0.211. The predicted octanol–water partition coefficient (Wildman–Crippen LogP) is 4.09. The van der Waals surface area contributed by atoms with Crippen molar-refractivity contribution in [2.75, 3.05) is 0 Å². The first kappa shape index (κ1) is 22.4. The third-order valence-corrected chi connectivity index (χ3v) is 3.81. The molecule has 4 nitrogen and oxygen atoms in total. The van der Waals surface area contributed by atoms with Gasteiger partial charge in [0.05, 0.1) is 5.69 Å². The van der Waals surface area contributed by atoms with Crippen LogP contribution in [-0.4, -0.2) is 20.7 Å². The first-order valence-electron chi connectivity index (χ1n) is 7.35. The molecule has 0 fully saturated rings. The van der Waals surface area contributed by atoms with E-state index in [1.165, 1.54) is 0 Å². The number of carbonyl (C=O) groups excluding carboxylic acids is 1. The number of aromatic hydroxyl groups is 1. The fraction of sp³-hybridized carbons (Fsp3) is 0.0588. The summed E-state index contributed by atoms with van der Waals surface area (Å²) in [6, 6.07) is 0.595. The van der Waals surface area contributed by atoms with Gasteiger partial charge in [-0.2, -0.15) is 9.78 Å². The van der Waals surface area contributed by atoms with Crippen LogP contribution in [0.5, 0.6) is 5.88 Å². The summed E-state index contributed by atoms with van der Waals surface area (Å²) in [5, 5.41) is 13.6. The molecule has 0 aliphatic carbocycles. The molecule has 2 aromatic carbocycles. The first-order chi connectivity index (χ1) is 13.0. The van der Waals surface area contributed by atoms with Gasteiger partial charge in [-0.25, -0.2) is 30.7 Å². The van der Waals surface area contributed by atoms with Gasteiger partial charge in [0, 0.05) is 28.7 Å². The molecule has 1 radical (unpaired) electrons. The van der Waals surface area contributed by atoms with Crippen LogP contribution in [0.3, 0.4) is 0 Å². The number of rotatable bonds is 3. The van der Waals surface area contributed by atoms with Crippen molar-refractivity contribution in [2.24, 2.45) is 0 Å². The summed E-state index contributed by atoms with van der Waals surface area (Å²) in [5.74, 6) is -15.2. The van der Waals surface area contributed by atoms with E-state index in [1.807, 2.05) is 0 Å². The zero-order valence-electron chi connectivity index (χ0n) is 14.0. The Labute approximate surface area is 168 Å². The molecule has 1 aromatic heterocycles. The van der Waals surface area contributed by atoms with Crippen molar-refractivity contribution < 1.29 is 57.7 Å². The van der Waals surface area contributed by atoms with Crippen molar-refractivity contribution in [1.82, 2.24) is 9.78 Å². The molecule has 0 unspecified atom stereocenters. The molecular weight excluding hydrogens is 452 g/mol. The van der Waals surface area contributed by atoms with Gasteiger partial charge in [-0.1, -0.05) is 0 Å². The van der Waals surface area contributed by atoms with Gasteiger partial charge in [-0.15, -0.1) is 0 Å². The maximum Gasteiger partial charge on any atom is 0.226 e. The summed E-state index contributed by atoms with van der Waals surface area (Å²) in [6.07, 6.45) is 0. The van der Waals surface area contributed by atoms with Crippen molar-refractivity contribution in [2.45, 2.75) is 6.92 Å². The minimum atomic E-state index is -1.91. The first-order valence-corrected chi connectivity index (χ1v) is 7.35. The van der Waals surface area contributed by atoms with Crippen LogP contribution >= 0.6 is 0 Å². The minimum Gasteiger partial charge on any atom is -0.493 e. The molecule has 0 atom stereocenters. The van der Waals surface area contributed by atoms with Crippen LogP contribution < -0.4 is 0 Å². The second-order valence-electron chi connectivity index (χ2n) is 5.60. The van der Waals surface area contributed by atoms with Crippen LogP contribution in [-0.2, 0) is 17.1 Å². The molecule has 3 aromatic rings. The standard InChI is InChI=1S/C17H7F7N2O2.Mn/c1-5-11(16(27)6-2-7(18)12(22)8(19)3-6)17(28)26(25-5)15-13(23)9(20)4-10(21)14(15)24;/h2-4,28H,1H3;. The van der Waals surface area contributed by atoms with Gasteiger partial charge >= 0.3 is 0 Å². The molecule has 153 valence electrons.